The van der Waals surface area contributed by atoms with Crippen molar-refractivity contribution < 1.29 is 9.59 Å². The Morgan fingerprint density at radius 1 is 1.35 bits per heavy atom. The second kappa shape index (κ2) is 6.01. The Kier molecular flexibility index (Phi) is 4.14. The molecule has 0 bridgehead atoms. The van der Waals surface area contributed by atoms with Crippen LogP contribution < -0.4 is 10.2 Å². The van der Waals surface area contributed by atoms with E-state index >= 15 is 0 Å². The van der Waals surface area contributed by atoms with Crippen LogP contribution >= 0.6 is 0 Å². The maximum absolute atomic E-state index is 12.2. The lowest BCUT2D eigenvalue weighted by Crippen LogP contribution is -2.29. The van der Waals surface area contributed by atoms with Gasteiger partial charge in [-0.15, -0.1) is 0 Å². The molecule has 0 unspecified atom stereocenters. The lowest BCUT2D eigenvalue weighted by atomic mass is 10.1. The average molecular weight is 272 g/mol. The summed E-state index contributed by atoms with van der Waals surface area (Å²) in [5.74, 6) is -0.359. The Morgan fingerprint density at radius 3 is 2.75 bits per heavy atom. The first kappa shape index (κ1) is 13.8. The van der Waals surface area contributed by atoms with E-state index < -0.39 is 0 Å². The van der Waals surface area contributed by atoms with E-state index in [0.717, 1.165) is 5.69 Å². The highest BCUT2D eigenvalue weighted by molar-refractivity contribution is 6.04. The molecule has 6 nitrogen and oxygen atoms in total. The van der Waals surface area contributed by atoms with Crippen molar-refractivity contribution in [3.63, 3.8) is 0 Å². The number of hydrogen-bond acceptors (Lipinski definition) is 3. The zero-order valence-corrected chi connectivity index (χ0v) is 11.4. The molecule has 0 saturated carbocycles. The van der Waals surface area contributed by atoms with Crippen LogP contribution in [0.1, 0.15) is 23.0 Å². The predicted octanol–water partition coefficient (Wildman–Crippen LogP) is 1.32. The Morgan fingerprint density at radius 2 is 2.10 bits per heavy atom. The summed E-state index contributed by atoms with van der Waals surface area (Å²) in [5, 5.41) is 2.79. The smallest absolute Gasteiger partial charge is 0.253 e. The Balaban J connectivity index is 2.15. The van der Waals surface area contributed by atoms with Gasteiger partial charge >= 0.3 is 0 Å². The quantitative estimate of drug-likeness (QED) is 0.881. The van der Waals surface area contributed by atoms with Gasteiger partial charge in [0.05, 0.1) is 29.8 Å². The Bertz CT molecular complexity index is 607. The fourth-order valence-electron chi connectivity index (χ4n) is 1.78. The summed E-state index contributed by atoms with van der Waals surface area (Å²) in [5.41, 5.74) is 1.86. The van der Waals surface area contributed by atoms with Crippen molar-refractivity contribution in [1.82, 2.24) is 15.3 Å². The number of carbonyl (C=O) groups excluding carboxylic acids is 2. The summed E-state index contributed by atoms with van der Waals surface area (Å²) in [4.78, 5) is 31.9. The molecule has 6 heteroatoms. The van der Waals surface area contributed by atoms with Crippen molar-refractivity contribution in [3.8, 4) is 0 Å². The van der Waals surface area contributed by atoms with E-state index in [1.165, 1.54) is 11.8 Å². The third kappa shape index (κ3) is 3.03. The maximum Gasteiger partial charge on any atom is 0.253 e. The molecule has 2 amide bonds. The fraction of sp³-hybridized carbons (Fsp3) is 0.214. The number of hydrogen-bond donors (Lipinski definition) is 2. The molecule has 2 aromatic rings. The van der Waals surface area contributed by atoms with E-state index in [1.807, 2.05) is 0 Å². The van der Waals surface area contributed by atoms with E-state index in [4.69, 9.17) is 0 Å². The van der Waals surface area contributed by atoms with Crippen LogP contribution in [-0.2, 0) is 11.3 Å². The number of nitrogens with zero attached hydrogens (tertiary/aromatic N) is 2. The number of rotatable bonds is 4. The summed E-state index contributed by atoms with van der Waals surface area (Å²) < 4.78 is 0. The summed E-state index contributed by atoms with van der Waals surface area (Å²) >= 11 is 0. The average Bonchev–Trinajstić information content (AvgIpc) is 2.97. The second-order valence-corrected chi connectivity index (χ2v) is 4.35. The van der Waals surface area contributed by atoms with Crippen LogP contribution in [0.4, 0.5) is 5.69 Å². The molecule has 2 rings (SSSR count). The van der Waals surface area contributed by atoms with Crippen LogP contribution in [0.3, 0.4) is 0 Å². The maximum atomic E-state index is 12.2. The minimum Gasteiger partial charge on any atom is -0.347 e. The monoisotopic (exact) mass is 272 g/mol. The van der Waals surface area contributed by atoms with E-state index in [9.17, 15) is 9.59 Å². The number of amides is 2. The predicted molar refractivity (Wildman–Crippen MR) is 75.3 cm³/mol. The Labute approximate surface area is 116 Å². The van der Waals surface area contributed by atoms with Crippen molar-refractivity contribution in [2.45, 2.75) is 13.5 Å². The molecule has 0 aliphatic carbocycles. The van der Waals surface area contributed by atoms with Crippen molar-refractivity contribution in [2.75, 3.05) is 11.9 Å². The first-order valence-electron chi connectivity index (χ1n) is 6.18. The van der Waals surface area contributed by atoms with Gasteiger partial charge in [-0.25, -0.2) is 4.98 Å². The molecule has 2 N–H and O–H groups in total. The lowest BCUT2D eigenvalue weighted by molar-refractivity contribution is -0.116. The molecule has 104 valence electrons. The zero-order valence-electron chi connectivity index (χ0n) is 11.4. The van der Waals surface area contributed by atoms with Crippen LogP contribution in [-0.4, -0.2) is 28.8 Å². The SMILES string of the molecule is CC(=O)N(C)c1ccccc1C(=O)NCc1cnc[nH]1. The first-order valence-corrected chi connectivity index (χ1v) is 6.18. The van der Waals surface area contributed by atoms with Gasteiger partial charge in [-0.05, 0) is 12.1 Å². The highest BCUT2D eigenvalue weighted by Gasteiger charge is 2.15. The molecular formula is C14H16N4O2. The van der Waals surface area contributed by atoms with Crippen molar-refractivity contribution >= 4 is 17.5 Å². The van der Waals surface area contributed by atoms with Crippen LogP contribution in [0.25, 0.3) is 0 Å². The molecule has 0 aliphatic rings. The topological polar surface area (TPSA) is 78.1 Å². The fourth-order valence-corrected chi connectivity index (χ4v) is 1.78. The number of aromatic amines is 1. The van der Waals surface area contributed by atoms with Crippen LogP contribution in [0.5, 0.6) is 0 Å². The van der Waals surface area contributed by atoms with Gasteiger partial charge in [-0.2, -0.15) is 0 Å². The highest BCUT2D eigenvalue weighted by Crippen LogP contribution is 2.19. The number of aromatic nitrogens is 2. The number of imidazole rings is 1. The van der Waals surface area contributed by atoms with E-state index in [0.29, 0.717) is 17.8 Å². The summed E-state index contributed by atoms with van der Waals surface area (Å²) in [6.07, 6.45) is 3.20. The number of nitrogens with one attached hydrogen (secondary N) is 2. The third-order valence-electron chi connectivity index (χ3n) is 2.98. The van der Waals surface area contributed by atoms with Gasteiger partial charge in [0.1, 0.15) is 0 Å². The largest absolute Gasteiger partial charge is 0.347 e. The highest BCUT2D eigenvalue weighted by atomic mass is 16.2. The zero-order chi connectivity index (χ0) is 14.5. The molecule has 0 saturated heterocycles. The lowest BCUT2D eigenvalue weighted by Gasteiger charge is -2.18. The summed E-state index contributed by atoms with van der Waals surface area (Å²) in [6, 6.07) is 6.99. The second-order valence-electron chi connectivity index (χ2n) is 4.35. The molecule has 1 heterocycles. The van der Waals surface area contributed by atoms with Crippen LogP contribution in [0.15, 0.2) is 36.8 Å². The molecule has 1 aromatic heterocycles. The van der Waals surface area contributed by atoms with E-state index in [1.54, 1.807) is 43.8 Å². The van der Waals surface area contributed by atoms with E-state index in [-0.39, 0.29) is 11.8 Å². The molecule has 20 heavy (non-hydrogen) atoms. The minimum atomic E-state index is -0.233. The van der Waals surface area contributed by atoms with Crippen molar-refractivity contribution in [2.24, 2.45) is 0 Å². The molecule has 0 spiro atoms. The number of benzene rings is 1. The number of para-hydroxylation sites is 1. The molecule has 0 atom stereocenters. The number of H-pyrrole nitrogens is 1. The normalized spacial score (nSPS) is 10.1. The van der Waals surface area contributed by atoms with Crippen LogP contribution in [0.2, 0.25) is 0 Å². The first-order chi connectivity index (χ1) is 9.59. The van der Waals surface area contributed by atoms with Gasteiger partial charge in [0.25, 0.3) is 5.91 Å². The molecule has 0 radical (unpaired) electrons. The van der Waals surface area contributed by atoms with Gasteiger partial charge in [-0.1, -0.05) is 12.1 Å². The van der Waals surface area contributed by atoms with Crippen molar-refractivity contribution in [3.05, 3.63) is 48.0 Å². The number of carbonyl (C=O) groups is 2. The molecule has 1 aromatic carbocycles. The number of anilines is 1. The van der Waals surface area contributed by atoms with Crippen molar-refractivity contribution in [1.29, 1.82) is 0 Å². The van der Waals surface area contributed by atoms with E-state index in [2.05, 4.69) is 15.3 Å². The summed E-state index contributed by atoms with van der Waals surface area (Å²) in [6.45, 7) is 1.82. The molecule has 0 fully saturated rings. The van der Waals surface area contributed by atoms with Crippen LogP contribution in [0, 0.1) is 0 Å². The summed E-state index contributed by atoms with van der Waals surface area (Å²) in [7, 11) is 1.64. The standard InChI is InChI=1S/C14H16N4O2/c1-10(19)18(2)13-6-4-3-5-12(13)14(20)16-8-11-7-15-9-17-11/h3-7,9H,8H2,1-2H3,(H,15,17)(H,16,20). The van der Waals surface area contributed by atoms with Gasteiger partial charge in [-0.3, -0.25) is 9.59 Å². The van der Waals surface area contributed by atoms with Gasteiger partial charge in [0.2, 0.25) is 5.91 Å². The van der Waals surface area contributed by atoms with Gasteiger partial charge in [0.15, 0.2) is 0 Å². The Hall–Kier alpha value is -2.63. The third-order valence-corrected chi connectivity index (χ3v) is 2.98. The van der Waals surface area contributed by atoms with Gasteiger partial charge in [0, 0.05) is 20.2 Å². The van der Waals surface area contributed by atoms with Gasteiger partial charge < -0.3 is 15.2 Å². The molecule has 0 aliphatic heterocycles. The molecular weight excluding hydrogens is 256 g/mol. The minimum absolute atomic E-state index is 0.126.